The maximum absolute atomic E-state index is 10.6. The second kappa shape index (κ2) is 8.20. The molecule has 0 heterocycles. The van der Waals surface area contributed by atoms with E-state index in [4.69, 9.17) is 9.47 Å². The summed E-state index contributed by atoms with van der Waals surface area (Å²) >= 11 is 0. The van der Waals surface area contributed by atoms with Gasteiger partial charge in [-0.05, 0) is 26.7 Å². The van der Waals surface area contributed by atoms with Crippen molar-refractivity contribution in [2.45, 2.75) is 39.2 Å². The smallest absolute Gasteiger partial charge is 0.129 e. The monoisotopic (exact) mass is 188 g/mol. The molecular formula is C10H20O3. The van der Waals surface area contributed by atoms with Crippen molar-refractivity contribution in [1.29, 1.82) is 0 Å². The average molecular weight is 188 g/mol. The molecule has 1 atom stereocenters. The van der Waals surface area contributed by atoms with Crippen LogP contribution in [0.2, 0.25) is 0 Å². The summed E-state index contributed by atoms with van der Waals surface area (Å²) in [5.41, 5.74) is 0. The molecule has 0 saturated carbocycles. The summed E-state index contributed by atoms with van der Waals surface area (Å²) in [7, 11) is 1.67. The van der Waals surface area contributed by atoms with Gasteiger partial charge in [0.15, 0.2) is 0 Å². The number of carbonyl (C=O) groups excluding carboxylic acids is 1. The number of unbranched alkanes of at least 4 members (excludes halogenated alkanes) is 1. The van der Waals surface area contributed by atoms with Gasteiger partial charge in [-0.15, -0.1) is 0 Å². The Morgan fingerprint density at radius 3 is 2.62 bits per heavy atom. The van der Waals surface area contributed by atoms with Crippen LogP contribution in [-0.2, 0) is 14.3 Å². The summed E-state index contributed by atoms with van der Waals surface area (Å²) in [4.78, 5) is 10.6. The normalized spacial score (nSPS) is 12.8. The zero-order valence-electron chi connectivity index (χ0n) is 8.84. The Hall–Kier alpha value is -0.410. The summed E-state index contributed by atoms with van der Waals surface area (Å²) < 4.78 is 10.3. The van der Waals surface area contributed by atoms with Gasteiger partial charge in [-0.1, -0.05) is 0 Å². The summed E-state index contributed by atoms with van der Waals surface area (Å²) in [5, 5.41) is 0. The first kappa shape index (κ1) is 12.6. The van der Waals surface area contributed by atoms with Gasteiger partial charge >= 0.3 is 0 Å². The first-order chi connectivity index (χ1) is 6.16. The largest absolute Gasteiger partial charge is 0.379 e. The van der Waals surface area contributed by atoms with Crippen molar-refractivity contribution in [3.8, 4) is 0 Å². The minimum atomic E-state index is 0.160. The highest BCUT2D eigenvalue weighted by molar-refractivity contribution is 5.75. The molecule has 78 valence electrons. The Bertz CT molecular complexity index is 134. The van der Waals surface area contributed by atoms with E-state index in [1.165, 1.54) is 0 Å². The molecule has 0 aliphatic rings. The molecule has 0 saturated heterocycles. The van der Waals surface area contributed by atoms with Gasteiger partial charge in [0.05, 0.1) is 12.7 Å². The van der Waals surface area contributed by atoms with Gasteiger partial charge in [-0.3, -0.25) is 0 Å². The van der Waals surface area contributed by atoms with Gasteiger partial charge in [0, 0.05) is 20.1 Å². The van der Waals surface area contributed by atoms with Crippen molar-refractivity contribution >= 4 is 5.78 Å². The molecule has 0 aliphatic heterocycles. The number of ketones is 1. The van der Waals surface area contributed by atoms with Gasteiger partial charge in [0.2, 0.25) is 0 Å². The zero-order chi connectivity index (χ0) is 10.1. The molecule has 0 aromatic carbocycles. The van der Waals surface area contributed by atoms with Crippen LogP contribution in [-0.4, -0.2) is 32.2 Å². The number of hydrogen-bond donors (Lipinski definition) is 0. The predicted molar refractivity (Wildman–Crippen MR) is 51.8 cm³/mol. The van der Waals surface area contributed by atoms with Crippen LogP contribution >= 0.6 is 0 Å². The first-order valence-electron chi connectivity index (χ1n) is 4.76. The minimum Gasteiger partial charge on any atom is -0.379 e. The highest BCUT2D eigenvalue weighted by atomic mass is 16.5. The molecule has 0 radical (unpaired) electrons. The quantitative estimate of drug-likeness (QED) is 0.545. The van der Waals surface area contributed by atoms with Crippen LogP contribution in [0, 0.1) is 0 Å². The maximum Gasteiger partial charge on any atom is 0.129 e. The SMILES string of the molecule is COC(C)COCCCCC(C)=O. The van der Waals surface area contributed by atoms with Crippen molar-refractivity contribution in [3.63, 3.8) is 0 Å². The lowest BCUT2D eigenvalue weighted by Crippen LogP contribution is -2.14. The van der Waals surface area contributed by atoms with E-state index in [1.54, 1.807) is 14.0 Å². The third kappa shape index (κ3) is 9.50. The number of rotatable bonds is 8. The molecule has 0 aliphatic carbocycles. The highest BCUT2D eigenvalue weighted by Gasteiger charge is 1.98. The fraction of sp³-hybridized carbons (Fsp3) is 0.900. The van der Waals surface area contributed by atoms with E-state index in [0.29, 0.717) is 13.0 Å². The lowest BCUT2D eigenvalue weighted by atomic mass is 10.2. The van der Waals surface area contributed by atoms with E-state index >= 15 is 0 Å². The maximum atomic E-state index is 10.6. The number of hydrogen-bond acceptors (Lipinski definition) is 3. The summed E-state index contributed by atoms with van der Waals surface area (Å²) in [6.07, 6.45) is 2.71. The van der Waals surface area contributed by atoms with Crippen molar-refractivity contribution < 1.29 is 14.3 Å². The number of ether oxygens (including phenoxy) is 2. The van der Waals surface area contributed by atoms with Gasteiger partial charge in [0.1, 0.15) is 5.78 Å². The third-order valence-corrected chi connectivity index (χ3v) is 1.82. The van der Waals surface area contributed by atoms with E-state index < -0.39 is 0 Å². The molecule has 0 bridgehead atoms. The van der Waals surface area contributed by atoms with Crippen LogP contribution in [0.4, 0.5) is 0 Å². The number of Topliss-reactive ketones (excluding diaryl/α,β-unsaturated/α-hetero) is 1. The van der Waals surface area contributed by atoms with E-state index in [-0.39, 0.29) is 11.9 Å². The third-order valence-electron chi connectivity index (χ3n) is 1.82. The summed E-state index contributed by atoms with van der Waals surface area (Å²) in [6, 6.07) is 0. The van der Waals surface area contributed by atoms with Crippen molar-refractivity contribution in [1.82, 2.24) is 0 Å². The van der Waals surface area contributed by atoms with Crippen LogP contribution in [0.3, 0.4) is 0 Å². The van der Waals surface area contributed by atoms with Gasteiger partial charge < -0.3 is 14.3 Å². The minimum absolute atomic E-state index is 0.160. The molecule has 0 fully saturated rings. The fourth-order valence-corrected chi connectivity index (χ4v) is 0.895. The Morgan fingerprint density at radius 2 is 2.08 bits per heavy atom. The molecule has 0 spiro atoms. The van der Waals surface area contributed by atoms with Crippen LogP contribution in [0.1, 0.15) is 33.1 Å². The van der Waals surface area contributed by atoms with E-state index in [1.807, 2.05) is 6.92 Å². The summed E-state index contributed by atoms with van der Waals surface area (Å²) in [6.45, 7) is 4.95. The van der Waals surface area contributed by atoms with E-state index in [2.05, 4.69) is 0 Å². The Kier molecular flexibility index (Phi) is 7.94. The average Bonchev–Trinajstić information content (AvgIpc) is 2.10. The molecule has 3 nitrogen and oxygen atoms in total. The van der Waals surface area contributed by atoms with E-state index in [0.717, 1.165) is 19.4 Å². The molecule has 0 rings (SSSR count). The topological polar surface area (TPSA) is 35.5 Å². The first-order valence-corrected chi connectivity index (χ1v) is 4.76. The standard InChI is InChI=1S/C10H20O3/c1-9(11)6-4-5-7-13-8-10(2)12-3/h10H,4-8H2,1-3H3. The molecule has 1 unspecified atom stereocenters. The Morgan fingerprint density at radius 1 is 1.38 bits per heavy atom. The molecule has 0 N–H and O–H groups in total. The second-order valence-electron chi connectivity index (χ2n) is 3.28. The molecule has 0 aromatic rings. The molecule has 0 amide bonds. The zero-order valence-corrected chi connectivity index (χ0v) is 8.84. The lowest BCUT2D eigenvalue weighted by molar-refractivity contribution is -0.117. The van der Waals surface area contributed by atoms with Crippen LogP contribution in [0.5, 0.6) is 0 Å². The van der Waals surface area contributed by atoms with Crippen molar-refractivity contribution in [2.24, 2.45) is 0 Å². The van der Waals surface area contributed by atoms with Gasteiger partial charge in [-0.2, -0.15) is 0 Å². The Balaban J connectivity index is 3.04. The predicted octanol–water partition coefficient (Wildman–Crippen LogP) is 1.80. The van der Waals surface area contributed by atoms with Gasteiger partial charge in [0.25, 0.3) is 0 Å². The lowest BCUT2D eigenvalue weighted by Gasteiger charge is -2.09. The fourth-order valence-electron chi connectivity index (χ4n) is 0.895. The molecule has 3 heteroatoms. The van der Waals surface area contributed by atoms with Crippen LogP contribution in [0.15, 0.2) is 0 Å². The second-order valence-corrected chi connectivity index (χ2v) is 3.28. The van der Waals surface area contributed by atoms with E-state index in [9.17, 15) is 4.79 Å². The molecule has 0 aromatic heterocycles. The van der Waals surface area contributed by atoms with Crippen molar-refractivity contribution in [3.05, 3.63) is 0 Å². The summed E-state index contributed by atoms with van der Waals surface area (Å²) in [5.74, 6) is 0.255. The molecular weight excluding hydrogens is 168 g/mol. The van der Waals surface area contributed by atoms with Crippen LogP contribution < -0.4 is 0 Å². The number of carbonyl (C=O) groups is 1. The number of methoxy groups -OCH3 is 1. The van der Waals surface area contributed by atoms with Gasteiger partial charge in [-0.25, -0.2) is 0 Å². The Labute approximate surface area is 80.4 Å². The highest BCUT2D eigenvalue weighted by Crippen LogP contribution is 1.97. The van der Waals surface area contributed by atoms with Crippen LogP contribution in [0.25, 0.3) is 0 Å². The molecule has 13 heavy (non-hydrogen) atoms. The van der Waals surface area contributed by atoms with Crippen molar-refractivity contribution in [2.75, 3.05) is 20.3 Å².